The zero-order chi connectivity index (χ0) is 24.4. The van der Waals surface area contributed by atoms with Crippen molar-refractivity contribution in [3.8, 4) is 0 Å². The minimum absolute atomic E-state index is 0.153. The van der Waals surface area contributed by atoms with Gasteiger partial charge in [-0.05, 0) is 23.6 Å². The molecule has 0 aliphatic carbocycles. The van der Waals surface area contributed by atoms with Crippen LogP contribution in [0.3, 0.4) is 0 Å². The number of benzene rings is 2. The van der Waals surface area contributed by atoms with Gasteiger partial charge in [-0.15, -0.1) is 0 Å². The van der Waals surface area contributed by atoms with Crippen LogP contribution in [0, 0.1) is 5.92 Å². The van der Waals surface area contributed by atoms with Gasteiger partial charge >= 0.3 is 11.9 Å². The van der Waals surface area contributed by atoms with Gasteiger partial charge in [-0.1, -0.05) is 55.5 Å². The number of aliphatic hydroxyl groups excluding tert-OH is 1. The van der Waals surface area contributed by atoms with Crippen molar-refractivity contribution in [3.05, 3.63) is 71.8 Å². The molecule has 0 saturated heterocycles. The molecule has 0 fully saturated rings. The number of carbonyl (C=O) groups is 4. The van der Waals surface area contributed by atoms with Gasteiger partial charge in [0.2, 0.25) is 0 Å². The molecule has 0 aromatic heterocycles. The van der Waals surface area contributed by atoms with E-state index in [0.29, 0.717) is 11.1 Å². The van der Waals surface area contributed by atoms with Gasteiger partial charge < -0.3 is 25.2 Å². The largest absolute Gasteiger partial charge is 0.469 e. The van der Waals surface area contributed by atoms with Crippen LogP contribution in [0.25, 0.3) is 0 Å². The standard InChI is InChI=1S/C24H28N2O7/c1-15(14-18(27)32-2)19(24(31)33-3)25-23(30)21(28)20(16-10-6-4-7-11-16)26-22(29)17-12-8-5-9-13-17/h4-13,15,19-21,28H,14H2,1-3H3,(H,25,30)(H,26,29)/t15-,19-,20-,21+/m0/s1. The highest BCUT2D eigenvalue weighted by Crippen LogP contribution is 2.19. The molecule has 0 saturated carbocycles. The van der Waals surface area contributed by atoms with E-state index >= 15 is 0 Å². The zero-order valence-electron chi connectivity index (χ0n) is 18.7. The molecule has 3 N–H and O–H groups in total. The van der Waals surface area contributed by atoms with Crippen LogP contribution >= 0.6 is 0 Å². The molecule has 2 rings (SSSR count). The van der Waals surface area contributed by atoms with Crippen LogP contribution in [0.5, 0.6) is 0 Å². The molecule has 33 heavy (non-hydrogen) atoms. The monoisotopic (exact) mass is 456 g/mol. The van der Waals surface area contributed by atoms with E-state index in [9.17, 15) is 24.3 Å². The summed E-state index contributed by atoms with van der Waals surface area (Å²) >= 11 is 0. The van der Waals surface area contributed by atoms with E-state index in [4.69, 9.17) is 4.74 Å². The number of ether oxygens (including phenoxy) is 2. The Hall–Kier alpha value is -3.72. The summed E-state index contributed by atoms with van der Waals surface area (Å²) in [5.74, 6) is -3.42. The summed E-state index contributed by atoms with van der Waals surface area (Å²) < 4.78 is 9.36. The molecule has 0 unspecified atom stereocenters. The Balaban J connectivity index is 2.25. The third-order valence-corrected chi connectivity index (χ3v) is 5.10. The number of methoxy groups -OCH3 is 2. The molecule has 0 heterocycles. The van der Waals surface area contributed by atoms with Gasteiger partial charge in [0, 0.05) is 5.56 Å². The van der Waals surface area contributed by atoms with Crippen molar-refractivity contribution < 1.29 is 33.8 Å². The second-order valence-electron chi connectivity index (χ2n) is 7.44. The van der Waals surface area contributed by atoms with Gasteiger partial charge in [-0.3, -0.25) is 14.4 Å². The number of rotatable bonds is 10. The maximum Gasteiger partial charge on any atom is 0.328 e. The molecule has 0 aliphatic heterocycles. The minimum Gasteiger partial charge on any atom is -0.469 e. The van der Waals surface area contributed by atoms with Crippen molar-refractivity contribution in [1.29, 1.82) is 0 Å². The van der Waals surface area contributed by atoms with Crippen molar-refractivity contribution >= 4 is 23.8 Å². The summed E-state index contributed by atoms with van der Waals surface area (Å²) in [6.07, 6.45) is -1.89. The predicted octanol–water partition coefficient (Wildman–Crippen LogP) is 1.38. The van der Waals surface area contributed by atoms with Crippen LogP contribution < -0.4 is 10.6 Å². The lowest BCUT2D eigenvalue weighted by atomic mass is 9.96. The van der Waals surface area contributed by atoms with E-state index < -0.39 is 47.9 Å². The number of esters is 2. The summed E-state index contributed by atoms with van der Waals surface area (Å²) in [5, 5.41) is 16.0. The first-order valence-electron chi connectivity index (χ1n) is 10.3. The van der Waals surface area contributed by atoms with Gasteiger partial charge in [-0.2, -0.15) is 0 Å². The Morgan fingerprint density at radius 3 is 2.00 bits per heavy atom. The molecule has 2 amide bonds. The summed E-state index contributed by atoms with van der Waals surface area (Å²) in [6, 6.07) is 14.5. The van der Waals surface area contributed by atoms with Gasteiger partial charge in [0.1, 0.15) is 6.04 Å². The molecule has 0 spiro atoms. The topological polar surface area (TPSA) is 131 Å². The van der Waals surface area contributed by atoms with E-state index in [-0.39, 0.29) is 6.42 Å². The fourth-order valence-corrected chi connectivity index (χ4v) is 3.23. The molecule has 4 atom stereocenters. The molecule has 9 nitrogen and oxygen atoms in total. The third-order valence-electron chi connectivity index (χ3n) is 5.10. The number of carbonyl (C=O) groups excluding carboxylic acids is 4. The first-order valence-corrected chi connectivity index (χ1v) is 10.3. The Morgan fingerprint density at radius 2 is 1.45 bits per heavy atom. The summed E-state index contributed by atoms with van der Waals surface area (Å²) in [4.78, 5) is 49.5. The van der Waals surface area contributed by atoms with Crippen LogP contribution in [0.1, 0.15) is 35.3 Å². The molecular weight excluding hydrogens is 428 g/mol. The highest BCUT2D eigenvalue weighted by molar-refractivity contribution is 5.95. The van der Waals surface area contributed by atoms with Crippen LogP contribution in [-0.2, 0) is 23.9 Å². The fraction of sp³-hybridized carbons (Fsp3) is 0.333. The molecular formula is C24H28N2O7. The van der Waals surface area contributed by atoms with Crippen molar-refractivity contribution in [3.63, 3.8) is 0 Å². The quantitative estimate of drug-likeness (QED) is 0.460. The first-order chi connectivity index (χ1) is 15.8. The van der Waals surface area contributed by atoms with E-state index in [0.717, 1.165) is 7.11 Å². The molecule has 2 aromatic carbocycles. The Kier molecular flexibility index (Phi) is 9.56. The van der Waals surface area contributed by atoms with E-state index in [1.165, 1.54) is 7.11 Å². The highest BCUT2D eigenvalue weighted by atomic mass is 16.5. The number of nitrogens with one attached hydrogen (secondary N) is 2. The average molecular weight is 456 g/mol. The van der Waals surface area contributed by atoms with Crippen molar-refractivity contribution in [2.75, 3.05) is 14.2 Å². The van der Waals surface area contributed by atoms with Crippen molar-refractivity contribution in [2.45, 2.75) is 31.5 Å². The maximum absolute atomic E-state index is 12.9. The number of amides is 2. The number of hydrogen-bond acceptors (Lipinski definition) is 7. The van der Waals surface area contributed by atoms with E-state index in [2.05, 4.69) is 15.4 Å². The molecule has 0 bridgehead atoms. The second-order valence-corrected chi connectivity index (χ2v) is 7.44. The maximum atomic E-state index is 12.9. The zero-order valence-corrected chi connectivity index (χ0v) is 18.7. The summed E-state index contributed by atoms with van der Waals surface area (Å²) in [5.41, 5.74) is 0.840. The minimum atomic E-state index is -1.74. The van der Waals surface area contributed by atoms with Gasteiger partial charge in [0.05, 0.1) is 26.7 Å². The number of hydrogen-bond donors (Lipinski definition) is 3. The molecule has 9 heteroatoms. The Morgan fingerprint density at radius 1 is 0.879 bits per heavy atom. The Labute approximate surface area is 192 Å². The predicted molar refractivity (Wildman–Crippen MR) is 119 cm³/mol. The fourth-order valence-electron chi connectivity index (χ4n) is 3.23. The van der Waals surface area contributed by atoms with Gasteiger partial charge in [0.15, 0.2) is 6.10 Å². The van der Waals surface area contributed by atoms with E-state index in [1.807, 2.05) is 0 Å². The molecule has 0 aliphatic rings. The van der Waals surface area contributed by atoms with Crippen LogP contribution in [0.2, 0.25) is 0 Å². The molecule has 2 aromatic rings. The van der Waals surface area contributed by atoms with Crippen molar-refractivity contribution in [1.82, 2.24) is 10.6 Å². The first kappa shape index (κ1) is 25.5. The van der Waals surface area contributed by atoms with Crippen LogP contribution in [0.4, 0.5) is 0 Å². The number of aliphatic hydroxyl groups is 1. The average Bonchev–Trinajstić information content (AvgIpc) is 2.85. The molecule has 176 valence electrons. The summed E-state index contributed by atoms with van der Waals surface area (Å²) in [6.45, 7) is 1.57. The van der Waals surface area contributed by atoms with Crippen LogP contribution in [-0.4, -0.2) is 55.2 Å². The summed E-state index contributed by atoms with van der Waals surface area (Å²) in [7, 11) is 2.36. The van der Waals surface area contributed by atoms with Crippen LogP contribution in [0.15, 0.2) is 60.7 Å². The lowest BCUT2D eigenvalue weighted by Gasteiger charge is -2.27. The lowest BCUT2D eigenvalue weighted by Crippen LogP contribution is -2.52. The second kappa shape index (κ2) is 12.4. The van der Waals surface area contributed by atoms with E-state index in [1.54, 1.807) is 67.6 Å². The third kappa shape index (κ3) is 7.15. The van der Waals surface area contributed by atoms with Gasteiger partial charge in [-0.25, -0.2) is 4.79 Å². The smallest absolute Gasteiger partial charge is 0.328 e. The normalized spacial score (nSPS) is 14.2. The molecule has 0 radical (unpaired) electrons. The van der Waals surface area contributed by atoms with Gasteiger partial charge in [0.25, 0.3) is 11.8 Å². The lowest BCUT2D eigenvalue weighted by molar-refractivity contribution is -0.149. The highest BCUT2D eigenvalue weighted by Gasteiger charge is 2.35. The van der Waals surface area contributed by atoms with Crippen molar-refractivity contribution in [2.24, 2.45) is 5.92 Å². The Bertz CT molecular complexity index is 950. The SMILES string of the molecule is COC(=O)C[C@H](C)[C@H](NC(=O)[C@H](O)[C@@H](NC(=O)c1ccccc1)c1ccccc1)C(=O)OC.